The van der Waals surface area contributed by atoms with E-state index < -0.39 is 0 Å². The lowest BCUT2D eigenvalue weighted by Gasteiger charge is -2.35. The first kappa shape index (κ1) is 14.3. The zero-order chi connectivity index (χ0) is 13.1. The summed E-state index contributed by atoms with van der Waals surface area (Å²) in [6.45, 7) is 7.77. The van der Waals surface area contributed by atoms with Crippen LogP contribution in [0.4, 0.5) is 0 Å². The van der Waals surface area contributed by atoms with Gasteiger partial charge in [-0.1, -0.05) is 13.8 Å². The van der Waals surface area contributed by atoms with E-state index in [1.165, 1.54) is 11.4 Å². The molecule has 1 saturated heterocycles. The summed E-state index contributed by atoms with van der Waals surface area (Å²) < 4.78 is 2.11. The summed E-state index contributed by atoms with van der Waals surface area (Å²) in [6, 6.07) is 2.55. The van der Waals surface area contributed by atoms with Gasteiger partial charge < -0.3 is 5.32 Å². The Hall–Kier alpha value is -0.130. The second-order valence-corrected chi connectivity index (χ2v) is 7.79. The van der Waals surface area contributed by atoms with Crippen LogP contribution in [0.25, 0.3) is 0 Å². The van der Waals surface area contributed by atoms with Crippen LogP contribution < -0.4 is 5.32 Å². The fraction of sp³-hybridized carbons (Fsp3) is 0.769. The molecule has 1 fully saturated rings. The summed E-state index contributed by atoms with van der Waals surface area (Å²) in [4.78, 5) is 0. The molecule has 0 bridgehead atoms. The molecular formula is C13H23N3S2. The van der Waals surface area contributed by atoms with Crippen molar-refractivity contribution in [2.45, 2.75) is 49.1 Å². The first-order valence-corrected chi connectivity index (χ1v) is 8.62. The first-order valence-electron chi connectivity index (χ1n) is 6.63. The normalized spacial score (nSPS) is 30.3. The van der Waals surface area contributed by atoms with E-state index in [9.17, 15) is 0 Å². The Kier molecular flexibility index (Phi) is 5.04. The molecule has 5 heteroatoms. The SMILES string of the molecule is CCn1nccc1C(NC)C1CSC(C)C(C)S1. The Morgan fingerprint density at radius 3 is 2.89 bits per heavy atom. The maximum Gasteiger partial charge on any atom is 0.0618 e. The molecule has 1 aliphatic rings. The Labute approximate surface area is 118 Å². The van der Waals surface area contributed by atoms with Crippen LogP contribution in [0, 0.1) is 0 Å². The minimum atomic E-state index is 0.403. The van der Waals surface area contributed by atoms with Crippen LogP contribution in [-0.4, -0.2) is 38.3 Å². The van der Waals surface area contributed by atoms with Gasteiger partial charge in [-0.15, -0.1) is 0 Å². The van der Waals surface area contributed by atoms with Gasteiger partial charge in [0, 0.05) is 34.2 Å². The lowest BCUT2D eigenvalue weighted by Crippen LogP contribution is -2.36. The van der Waals surface area contributed by atoms with Crippen molar-refractivity contribution < 1.29 is 0 Å². The van der Waals surface area contributed by atoms with Crippen LogP contribution in [-0.2, 0) is 6.54 Å². The molecule has 0 saturated carbocycles. The van der Waals surface area contributed by atoms with Crippen molar-refractivity contribution >= 4 is 23.5 Å². The maximum absolute atomic E-state index is 4.39. The smallest absolute Gasteiger partial charge is 0.0618 e. The van der Waals surface area contributed by atoms with Gasteiger partial charge in [0.2, 0.25) is 0 Å². The third kappa shape index (κ3) is 2.89. The number of rotatable bonds is 4. The predicted octanol–water partition coefficient (Wildman–Crippen LogP) is 2.79. The van der Waals surface area contributed by atoms with Crippen molar-refractivity contribution in [3.05, 3.63) is 18.0 Å². The van der Waals surface area contributed by atoms with Gasteiger partial charge in [0.25, 0.3) is 0 Å². The fourth-order valence-corrected chi connectivity index (χ4v) is 5.52. The fourth-order valence-electron chi connectivity index (χ4n) is 2.38. The number of hydrogen-bond acceptors (Lipinski definition) is 4. The quantitative estimate of drug-likeness (QED) is 0.921. The highest BCUT2D eigenvalue weighted by molar-refractivity contribution is 8.07. The summed E-state index contributed by atoms with van der Waals surface area (Å²) in [7, 11) is 2.06. The summed E-state index contributed by atoms with van der Waals surface area (Å²) >= 11 is 4.22. The van der Waals surface area contributed by atoms with Crippen LogP contribution in [0.3, 0.4) is 0 Å². The molecule has 4 atom stereocenters. The van der Waals surface area contributed by atoms with Gasteiger partial charge in [0.05, 0.1) is 11.7 Å². The maximum atomic E-state index is 4.39. The van der Waals surface area contributed by atoms with Crippen LogP contribution in [0.1, 0.15) is 32.5 Å². The third-order valence-corrected chi connectivity index (χ3v) is 7.12. The van der Waals surface area contributed by atoms with E-state index >= 15 is 0 Å². The number of hydrogen-bond donors (Lipinski definition) is 1. The van der Waals surface area contributed by atoms with Gasteiger partial charge in [-0.25, -0.2) is 0 Å². The van der Waals surface area contributed by atoms with E-state index in [0.29, 0.717) is 11.3 Å². The highest BCUT2D eigenvalue weighted by Crippen LogP contribution is 2.40. The van der Waals surface area contributed by atoms with E-state index in [2.05, 4.69) is 72.5 Å². The molecule has 0 aliphatic carbocycles. The van der Waals surface area contributed by atoms with Crippen LogP contribution >= 0.6 is 23.5 Å². The Bertz CT molecular complexity index is 380. The average molecular weight is 285 g/mol. The number of aryl methyl sites for hydroxylation is 1. The molecule has 2 heterocycles. The molecule has 18 heavy (non-hydrogen) atoms. The standard InChI is InChI=1S/C13H23N3S2/c1-5-16-11(6-7-15-16)13(14-4)12-8-17-9(2)10(3)18-12/h6-7,9-10,12-14H,5,8H2,1-4H3. The number of nitrogens with zero attached hydrogens (tertiary/aromatic N) is 2. The van der Waals surface area contributed by atoms with Crippen molar-refractivity contribution in [3.8, 4) is 0 Å². The monoisotopic (exact) mass is 285 g/mol. The van der Waals surface area contributed by atoms with E-state index in [4.69, 9.17) is 0 Å². The number of nitrogens with one attached hydrogen (secondary N) is 1. The Morgan fingerprint density at radius 1 is 1.50 bits per heavy atom. The van der Waals surface area contributed by atoms with Crippen molar-refractivity contribution in [1.82, 2.24) is 15.1 Å². The van der Waals surface area contributed by atoms with E-state index in [1.54, 1.807) is 0 Å². The molecule has 1 N–H and O–H groups in total. The van der Waals surface area contributed by atoms with Gasteiger partial charge in [0.15, 0.2) is 0 Å². The van der Waals surface area contributed by atoms with Gasteiger partial charge in [0.1, 0.15) is 0 Å². The van der Waals surface area contributed by atoms with Gasteiger partial charge in [-0.3, -0.25) is 4.68 Å². The second kappa shape index (κ2) is 6.35. The Balaban J connectivity index is 2.14. The summed E-state index contributed by atoms with van der Waals surface area (Å²) in [5.74, 6) is 1.22. The molecule has 1 aromatic heterocycles. The number of aromatic nitrogens is 2. The largest absolute Gasteiger partial charge is 0.311 e. The van der Waals surface area contributed by atoms with Gasteiger partial charge in [-0.05, 0) is 20.0 Å². The molecule has 0 radical (unpaired) electrons. The van der Waals surface area contributed by atoms with Gasteiger partial charge in [-0.2, -0.15) is 28.6 Å². The van der Waals surface area contributed by atoms with E-state index in [0.717, 1.165) is 17.0 Å². The van der Waals surface area contributed by atoms with Gasteiger partial charge >= 0.3 is 0 Å². The first-order chi connectivity index (χ1) is 8.67. The second-order valence-electron chi connectivity index (χ2n) is 4.76. The van der Waals surface area contributed by atoms with E-state index in [-0.39, 0.29) is 0 Å². The summed E-state index contributed by atoms with van der Waals surface area (Å²) in [5.41, 5.74) is 1.32. The predicted molar refractivity (Wildman–Crippen MR) is 82.5 cm³/mol. The Morgan fingerprint density at radius 2 is 2.28 bits per heavy atom. The minimum Gasteiger partial charge on any atom is -0.311 e. The minimum absolute atomic E-state index is 0.403. The van der Waals surface area contributed by atoms with Crippen molar-refractivity contribution in [3.63, 3.8) is 0 Å². The molecular weight excluding hydrogens is 262 g/mol. The van der Waals surface area contributed by atoms with Crippen molar-refractivity contribution in [2.24, 2.45) is 0 Å². The summed E-state index contributed by atoms with van der Waals surface area (Å²) in [6.07, 6.45) is 1.91. The molecule has 0 amide bonds. The zero-order valence-corrected chi connectivity index (χ0v) is 13.2. The third-order valence-electron chi connectivity index (χ3n) is 3.62. The van der Waals surface area contributed by atoms with E-state index in [1.807, 2.05) is 6.20 Å². The topological polar surface area (TPSA) is 29.9 Å². The molecule has 102 valence electrons. The molecule has 2 rings (SSSR count). The van der Waals surface area contributed by atoms with Crippen LogP contribution in [0.15, 0.2) is 12.3 Å². The lowest BCUT2D eigenvalue weighted by molar-refractivity contribution is 0.512. The summed E-state index contributed by atoms with van der Waals surface area (Å²) in [5, 5.41) is 10.0. The molecule has 1 aromatic rings. The molecule has 0 spiro atoms. The average Bonchev–Trinajstić information content (AvgIpc) is 2.83. The van der Waals surface area contributed by atoms with Crippen molar-refractivity contribution in [1.29, 1.82) is 0 Å². The molecule has 4 unspecified atom stereocenters. The highest BCUT2D eigenvalue weighted by atomic mass is 32.2. The molecule has 0 aromatic carbocycles. The molecule has 3 nitrogen and oxygen atoms in total. The molecule has 1 aliphatic heterocycles. The van der Waals surface area contributed by atoms with Crippen LogP contribution in [0.2, 0.25) is 0 Å². The number of thioether (sulfide) groups is 2. The zero-order valence-electron chi connectivity index (χ0n) is 11.6. The highest BCUT2D eigenvalue weighted by Gasteiger charge is 2.32. The van der Waals surface area contributed by atoms with Crippen molar-refractivity contribution in [2.75, 3.05) is 12.8 Å². The lowest BCUT2D eigenvalue weighted by atomic mass is 10.1. The van der Waals surface area contributed by atoms with Crippen LogP contribution in [0.5, 0.6) is 0 Å².